The van der Waals surface area contributed by atoms with Gasteiger partial charge in [-0.1, -0.05) is 82.3 Å². The summed E-state index contributed by atoms with van der Waals surface area (Å²) in [7, 11) is 0. The zero-order valence-corrected chi connectivity index (χ0v) is 44.1. The highest BCUT2D eigenvalue weighted by atomic mass is 19.3. The average Bonchev–Trinajstić information content (AvgIpc) is 4.13. The van der Waals surface area contributed by atoms with Crippen LogP contribution in [0.15, 0.2) is 135 Å². The second-order valence-corrected chi connectivity index (χ2v) is 19.8. The van der Waals surface area contributed by atoms with Gasteiger partial charge in [-0.25, -0.2) is 50.3 Å². The summed E-state index contributed by atoms with van der Waals surface area (Å²) in [6.07, 6.45) is -13.8. The van der Waals surface area contributed by atoms with Gasteiger partial charge in [0, 0.05) is 36.4 Å². The van der Waals surface area contributed by atoms with Gasteiger partial charge in [0.1, 0.15) is 22.9 Å². The smallest absolute Gasteiger partial charge is 0.340 e. The molecule has 3 aliphatic heterocycles. The number of nitrogens with zero attached hydrogens (tertiary/aromatic N) is 2. The summed E-state index contributed by atoms with van der Waals surface area (Å²) in [6.45, 7) is 8.76. The van der Waals surface area contributed by atoms with Crippen LogP contribution >= 0.6 is 0 Å². The number of aromatic amines is 2. The van der Waals surface area contributed by atoms with Crippen molar-refractivity contribution in [2.45, 2.75) is 139 Å². The molecule has 8 rings (SSSR count). The number of halogens is 6. The Hall–Kier alpha value is -7.23. The summed E-state index contributed by atoms with van der Waals surface area (Å²) in [5, 5.41) is 29.3. The number of ether oxygens (including phenoxy) is 6. The number of hydrogen-bond acceptors (Lipinski definition) is 16. The Morgan fingerprint density at radius 1 is 0.575 bits per heavy atom. The Balaban J connectivity index is 0.000000197. The Kier molecular flexibility index (Phi) is 18.8. The lowest BCUT2D eigenvalue weighted by Crippen LogP contribution is -2.55. The molecule has 12 atom stereocenters. The van der Waals surface area contributed by atoms with Crippen LogP contribution in [0.1, 0.15) is 105 Å². The Bertz CT molecular complexity index is 3200. The number of esters is 3. The molecule has 3 aliphatic rings. The third-order valence-corrected chi connectivity index (χ3v) is 15.2. The van der Waals surface area contributed by atoms with Gasteiger partial charge in [-0.2, -0.15) is 0 Å². The largest absolute Gasteiger partial charge is 0.451 e. The van der Waals surface area contributed by atoms with Crippen LogP contribution in [0.5, 0.6) is 0 Å². The van der Waals surface area contributed by atoms with E-state index >= 15 is 0 Å². The molecule has 0 spiro atoms. The number of H-pyrrole nitrogens is 2. The number of aromatic nitrogens is 4. The van der Waals surface area contributed by atoms with Crippen LogP contribution in [-0.4, -0.2) is 124 Å². The SMILES string of the molecule is CC[C@@]1(C(F)F)OC(OC(=O)c2ccccc2)[C@](C)(OC(=O)c2ccccc2)[C@@H]1C.CC[C@@]1(C(F)F)O[C@@H](n2ccc(=O)[nH]c2=O)[C@](C)(OC(=O)c2ccccc2)[C@@H]1C.C[C@]1(O)[C@H](n2ccc(=O)[nH]c2=O)O[C@@](CO)(C(F)F)[C@H]1O. The first kappa shape index (κ1) is 62.0. The monoisotopic (exact) mass is 1130 g/mol. The molecule has 1 unspecified atom stereocenters. The molecule has 0 radical (unpaired) electrons. The molecule has 3 aromatic carbocycles. The summed E-state index contributed by atoms with van der Waals surface area (Å²) in [4.78, 5) is 88.4. The van der Waals surface area contributed by atoms with Crippen molar-refractivity contribution in [2.24, 2.45) is 11.8 Å². The number of aliphatic hydroxyl groups excluding tert-OH is 2. The molecular formula is C54H60F6N4O16. The van der Waals surface area contributed by atoms with Crippen molar-refractivity contribution in [1.29, 1.82) is 0 Å². The van der Waals surface area contributed by atoms with Gasteiger partial charge in [0.05, 0.1) is 23.3 Å². The van der Waals surface area contributed by atoms with Gasteiger partial charge >= 0.3 is 29.3 Å². The Morgan fingerprint density at radius 3 is 1.31 bits per heavy atom. The van der Waals surface area contributed by atoms with E-state index in [2.05, 4.69) is 4.98 Å². The summed E-state index contributed by atoms with van der Waals surface area (Å²) in [5.41, 5.74) is -14.6. The van der Waals surface area contributed by atoms with Crippen LogP contribution in [0.3, 0.4) is 0 Å². The maximum absolute atomic E-state index is 14.1. The van der Waals surface area contributed by atoms with Crippen molar-refractivity contribution < 1.29 is 84.5 Å². The van der Waals surface area contributed by atoms with E-state index in [1.54, 1.807) is 80.6 Å². The maximum atomic E-state index is 14.1. The minimum absolute atomic E-state index is 0.0519. The molecule has 80 heavy (non-hydrogen) atoms. The number of carbonyl (C=O) groups excluding carboxylic acids is 3. The standard InChI is InChI=1S/C23H24F2O5.C20H22F2N2O5.C11H14F2N2O6/c1-4-23(20(24)25)15(2)22(3,29-19(27)17-13-9-6-10-14-17)21(30-23)28-18(26)16-11-7-5-8-12-16;1-4-20(16(21)22)12(2)19(3,28-15(26)13-8-6-5-7-9-13)17(29-20)24-11-10-14(25)23-18(24)27;1-10(20)6(18)11(4-16,7(12)13)21-8(10)15-3-2-5(17)14-9(15)19/h5-15,20-21H,4H2,1-3H3;5-12,16-17H,4H2,1-3H3,(H,23,25,27);2-3,6-8,16,18,20H,4H2,1H3,(H,14,17,19)/t15-,21?,22+,23+;12-,17+,19+,20+;6-,8+,10+,11+/m000/s1. The van der Waals surface area contributed by atoms with Crippen molar-refractivity contribution in [1.82, 2.24) is 19.1 Å². The molecule has 20 nitrogen and oxygen atoms in total. The predicted molar refractivity (Wildman–Crippen MR) is 269 cm³/mol. The molecule has 0 aliphatic carbocycles. The number of nitrogens with one attached hydrogen (secondary N) is 2. The van der Waals surface area contributed by atoms with E-state index in [-0.39, 0.29) is 29.5 Å². The Morgan fingerprint density at radius 2 is 0.938 bits per heavy atom. The molecule has 0 amide bonds. The van der Waals surface area contributed by atoms with E-state index in [9.17, 15) is 70.1 Å². The number of carbonyl (C=O) groups is 3. The molecular weight excluding hydrogens is 1070 g/mol. The number of hydrogen-bond donors (Lipinski definition) is 5. The lowest BCUT2D eigenvalue weighted by Gasteiger charge is -2.36. The van der Waals surface area contributed by atoms with E-state index in [1.165, 1.54) is 52.0 Å². The zero-order chi connectivity index (χ0) is 59.3. The summed E-state index contributed by atoms with van der Waals surface area (Å²) >= 11 is 0. The quantitative estimate of drug-likeness (QED) is 0.0501. The average molecular weight is 1140 g/mol. The predicted octanol–water partition coefficient (Wildman–Crippen LogP) is 5.77. The highest BCUT2D eigenvalue weighted by Crippen LogP contribution is 2.55. The maximum Gasteiger partial charge on any atom is 0.340 e. The Labute approximate surface area is 451 Å². The van der Waals surface area contributed by atoms with Crippen molar-refractivity contribution in [3.8, 4) is 0 Å². The lowest BCUT2D eigenvalue weighted by molar-refractivity contribution is -0.212. The molecule has 5 aromatic rings. The molecule has 434 valence electrons. The summed E-state index contributed by atoms with van der Waals surface area (Å²) in [6, 6.07) is 26.4. The molecule has 0 bridgehead atoms. The van der Waals surface area contributed by atoms with Crippen LogP contribution < -0.4 is 22.5 Å². The minimum atomic E-state index is -3.31. The third-order valence-electron chi connectivity index (χ3n) is 15.2. The van der Waals surface area contributed by atoms with Crippen molar-refractivity contribution in [2.75, 3.05) is 6.61 Å². The van der Waals surface area contributed by atoms with E-state index in [0.717, 1.165) is 36.0 Å². The van der Waals surface area contributed by atoms with Crippen molar-refractivity contribution in [3.05, 3.63) is 174 Å². The first-order chi connectivity index (χ1) is 37.6. The number of benzene rings is 3. The van der Waals surface area contributed by atoms with Crippen LogP contribution in [0.4, 0.5) is 26.3 Å². The highest BCUT2D eigenvalue weighted by Gasteiger charge is 2.68. The normalized spacial score (nSPS) is 30.7. The van der Waals surface area contributed by atoms with Gasteiger partial charge < -0.3 is 43.7 Å². The van der Waals surface area contributed by atoms with Gasteiger partial charge in [-0.3, -0.25) is 28.7 Å². The first-order valence-corrected chi connectivity index (χ1v) is 24.9. The zero-order valence-electron chi connectivity index (χ0n) is 44.1. The molecule has 5 N–H and O–H groups in total. The van der Waals surface area contributed by atoms with Crippen LogP contribution in [0.25, 0.3) is 0 Å². The summed E-state index contributed by atoms with van der Waals surface area (Å²) in [5.74, 6) is -4.11. The molecule has 2 aromatic heterocycles. The molecule has 3 saturated heterocycles. The van der Waals surface area contributed by atoms with E-state index < -0.39 is 137 Å². The minimum Gasteiger partial charge on any atom is -0.451 e. The van der Waals surface area contributed by atoms with Gasteiger partial charge in [-0.15, -0.1) is 0 Å². The van der Waals surface area contributed by atoms with Crippen LogP contribution in [0, 0.1) is 11.8 Å². The highest BCUT2D eigenvalue weighted by molar-refractivity contribution is 5.91. The second-order valence-electron chi connectivity index (χ2n) is 19.8. The van der Waals surface area contributed by atoms with Gasteiger partial charge in [-0.05, 0) is 70.0 Å². The third kappa shape index (κ3) is 11.5. The number of rotatable bonds is 14. The van der Waals surface area contributed by atoms with E-state index in [0.29, 0.717) is 4.57 Å². The van der Waals surface area contributed by atoms with E-state index in [4.69, 9.17) is 33.5 Å². The van der Waals surface area contributed by atoms with E-state index in [1.807, 2.05) is 4.98 Å². The second kappa shape index (κ2) is 24.2. The van der Waals surface area contributed by atoms with Crippen molar-refractivity contribution in [3.63, 3.8) is 0 Å². The fourth-order valence-electron chi connectivity index (χ4n) is 9.90. The van der Waals surface area contributed by atoms with Gasteiger partial charge in [0.15, 0.2) is 29.3 Å². The number of aliphatic hydroxyl groups is 3. The molecule has 26 heteroatoms. The fourth-order valence-corrected chi connectivity index (χ4v) is 9.90. The molecule has 5 heterocycles. The topological polar surface area (TPSA) is 277 Å². The molecule has 0 saturated carbocycles. The van der Waals surface area contributed by atoms with Gasteiger partial charge in [0.2, 0.25) is 6.29 Å². The lowest BCUT2D eigenvalue weighted by atomic mass is 9.78. The van der Waals surface area contributed by atoms with Crippen LogP contribution in [0.2, 0.25) is 0 Å². The molecule has 3 fully saturated rings. The number of alkyl halides is 6. The summed E-state index contributed by atoms with van der Waals surface area (Å²) < 4.78 is 117. The first-order valence-electron chi connectivity index (χ1n) is 24.9. The van der Waals surface area contributed by atoms with Gasteiger partial charge in [0.25, 0.3) is 30.4 Å². The van der Waals surface area contributed by atoms with Crippen LogP contribution in [-0.2, 0) is 28.4 Å². The van der Waals surface area contributed by atoms with Crippen molar-refractivity contribution >= 4 is 17.9 Å². The fraction of sp³-hybridized carbons (Fsp3) is 0.463.